The average molecular weight is 167 g/mol. The number of carbonyl (C=O) groups is 2. The van der Waals surface area contributed by atoms with E-state index in [4.69, 9.17) is 5.11 Å². The van der Waals surface area contributed by atoms with Crippen LogP contribution < -0.4 is 10.3 Å². The molecule has 2 amide bonds. The number of hydrogen-bond donors (Lipinski definition) is 2. The lowest BCUT2D eigenvalue weighted by Crippen LogP contribution is -2.32. The predicted molar refractivity (Wildman–Crippen MR) is 38.5 cm³/mol. The summed E-state index contributed by atoms with van der Waals surface area (Å²) < 4.78 is 0. The Labute approximate surface area is 68.0 Å². The number of imide groups is 1. The summed E-state index contributed by atoms with van der Waals surface area (Å²) in [4.78, 5) is 23.6. The number of aromatic nitrogens is 1. The summed E-state index contributed by atoms with van der Waals surface area (Å²) in [5.41, 5.74) is 0.208. The Morgan fingerprint density at radius 3 is 2.67 bits per heavy atom. The van der Waals surface area contributed by atoms with Crippen molar-refractivity contribution in [1.29, 1.82) is 0 Å². The van der Waals surface area contributed by atoms with Gasteiger partial charge in [-0.3, -0.25) is 10.1 Å². The van der Waals surface area contributed by atoms with E-state index in [0.717, 1.165) is 0 Å². The first-order valence-corrected chi connectivity index (χ1v) is 3.21. The molecule has 5 heteroatoms. The molecule has 0 radical (unpaired) electrons. The molecule has 0 bridgehead atoms. The highest BCUT2D eigenvalue weighted by Crippen LogP contribution is 1.86. The van der Waals surface area contributed by atoms with Crippen molar-refractivity contribution in [1.82, 2.24) is 5.32 Å². The van der Waals surface area contributed by atoms with Gasteiger partial charge in [-0.25, -0.2) is 9.78 Å². The molecule has 0 aromatic carbocycles. The summed E-state index contributed by atoms with van der Waals surface area (Å²) in [7, 11) is 0. The fourth-order valence-electron chi connectivity index (χ4n) is 0.699. The van der Waals surface area contributed by atoms with Gasteiger partial charge >= 0.3 is 12.0 Å². The van der Waals surface area contributed by atoms with E-state index in [0.29, 0.717) is 0 Å². The predicted octanol–water partition coefficient (Wildman–Crippen LogP) is -0.0915. The van der Waals surface area contributed by atoms with E-state index in [1.807, 2.05) is 0 Å². The first-order valence-electron chi connectivity index (χ1n) is 3.21. The van der Waals surface area contributed by atoms with Gasteiger partial charge in [0.1, 0.15) is 0 Å². The lowest BCUT2D eigenvalue weighted by Gasteiger charge is -1.92. The Bertz CT molecular complexity index is 297. The minimum atomic E-state index is -1.36. The van der Waals surface area contributed by atoms with E-state index >= 15 is 0 Å². The quantitative estimate of drug-likeness (QED) is 0.613. The first kappa shape index (κ1) is 8.19. The number of carbonyl (C=O) groups excluding carboxylic acids is 1. The van der Waals surface area contributed by atoms with Gasteiger partial charge in [0.05, 0.1) is 0 Å². The molecular formula is C7H7N2O3+. The summed E-state index contributed by atoms with van der Waals surface area (Å²) in [5.74, 6) is -0.664. The molecule has 0 saturated heterocycles. The normalized spacial score (nSPS) is 9.00. The van der Waals surface area contributed by atoms with Crippen LogP contribution in [-0.2, 0) is 0 Å². The molecule has 0 aliphatic carbocycles. The number of aromatic amines is 1. The van der Waals surface area contributed by atoms with Crippen LogP contribution in [0.25, 0.3) is 0 Å². The number of rotatable bonds is 1. The van der Waals surface area contributed by atoms with E-state index in [1.54, 1.807) is 17.4 Å². The zero-order valence-electron chi connectivity index (χ0n) is 6.07. The van der Waals surface area contributed by atoms with Crippen LogP contribution in [0.1, 0.15) is 10.5 Å². The van der Waals surface area contributed by atoms with Gasteiger partial charge in [0, 0.05) is 12.1 Å². The molecule has 0 spiro atoms. The van der Waals surface area contributed by atoms with E-state index < -0.39 is 12.0 Å². The average Bonchev–Trinajstić information content (AvgIpc) is 2.05. The molecule has 0 saturated carbocycles. The third kappa shape index (κ3) is 2.05. The van der Waals surface area contributed by atoms with Gasteiger partial charge in [0.25, 0.3) is 5.69 Å². The third-order valence-electron chi connectivity index (χ3n) is 1.17. The molecule has 1 heterocycles. The van der Waals surface area contributed by atoms with Crippen molar-refractivity contribution in [3.8, 4) is 0 Å². The monoisotopic (exact) mass is 167 g/mol. The molecule has 1 aromatic heterocycles. The maximum atomic E-state index is 10.9. The largest absolute Gasteiger partial charge is 0.465 e. The Morgan fingerprint density at radius 1 is 1.42 bits per heavy atom. The van der Waals surface area contributed by atoms with Crippen LogP contribution in [-0.4, -0.2) is 17.1 Å². The van der Waals surface area contributed by atoms with Crippen LogP contribution in [0.15, 0.2) is 24.4 Å². The molecule has 12 heavy (non-hydrogen) atoms. The number of pyridine rings is 1. The molecule has 0 unspecified atom stereocenters. The Kier molecular flexibility index (Phi) is 2.37. The van der Waals surface area contributed by atoms with E-state index in [9.17, 15) is 9.59 Å². The molecule has 0 aliphatic rings. The molecule has 0 fully saturated rings. The first-order chi connectivity index (χ1) is 5.70. The number of carboxylic acid groups (broad SMARTS) is 1. The second-order valence-electron chi connectivity index (χ2n) is 2.04. The highest BCUT2D eigenvalue weighted by molar-refractivity contribution is 5.99. The van der Waals surface area contributed by atoms with Gasteiger partial charge in [-0.15, -0.1) is 0 Å². The fourth-order valence-corrected chi connectivity index (χ4v) is 0.699. The highest BCUT2D eigenvalue weighted by Gasteiger charge is 2.13. The molecule has 1 rings (SSSR count). The van der Waals surface area contributed by atoms with Gasteiger partial charge < -0.3 is 5.11 Å². The summed E-state index contributed by atoms with van der Waals surface area (Å²) in [6.45, 7) is 0. The van der Waals surface area contributed by atoms with Gasteiger partial charge in [-0.2, -0.15) is 0 Å². The zero-order valence-corrected chi connectivity index (χ0v) is 6.07. The molecule has 3 N–H and O–H groups in total. The molecule has 62 valence electrons. The molecular weight excluding hydrogens is 160 g/mol. The van der Waals surface area contributed by atoms with Crippen LogP contribution in [0, 0.1) is 0 Å². The summed E-state index contributed by atoms with van der Waals surface area (Å²) in [6.07, 6.45) is 0.175. The second-order valence-corrected chi connectivity index (χ2v) is 2.04. The van der Waals surface area contributed by atoms with Crippen molar-refractivity contribution in [2.45, 2.75) is 0 Å². The van der Waals surface area contributed by atoms with Crippen molar-refractivity contribution < 1.29 is 19.7 Å². The summed E-state index contributed by atoms with van der Waals surface area (Å²) in [6, 6.07) is 4.81. The van der Waals surface area contributed by atoms with Crippen molar-refractivity contribution in [3.63, 3.8) is 0 Å². The Hall–Kier alpha value is -1.91. The van der Waals surface area contributed by atoms with Gasteiger partial charge in [0.15, 0.2) is 6.20 Å². The van der Waals surface area contributed by atoms with E-state index in [1.165, 1.54) is 12.3 Å². The fraction of sp³-hybridized carbons (Fsp3) is 0. The minimum absolute atomic E-state index is 0.208. The van der Waals surface area contributed by atoms with Crippen LogP contribution >= 0.6 is 0 Å². The second kappa shape index (κ2) is 3.47. The molecule has 1 aromatic rings. The minimum Gasteiger partial charge on any atom is -0.465 e. The van der Waals surface area contributed by atoms with Gasteiger partial charge in [0.2, 0.25) is 0 Å². The van der Waals surface area contributed by atoms with Crippen molar-refractivity contribution in [2.24, 2.45) is 0 Å². The number of nitrogens with one attached hydrogen (secondary N) is 2. The highest BCUT2D eigenvalue weighted by atomic mass is 16.4. The number of H-pyrrole nitrogens is 1. The van der Waals surface area contributed by atoms with Crippen molar-refractivity contribution in [3.05, 3.63) is 30.1 Å². The smallest absolute Gasteiger partial charge is 0.411 e. The maximum absolute atomic E-state index is 10.9. The zero-order chi connectivity index (χ0) is 8.97. The lowest BCUT2D eigenvalue weighted by molar-refractivity contribution is -0.382. The van der Waals surface area contributed by atoms with Gasteiger partial charge in [-0.1, -0.05) is 0 Å². The van der Waals surface area contributed by atoms with Crippen molar-refractivity contribution in [2.75, 3.05) is 0 Å². The number of amides is 2. The summed E-state index contributed by atoms with van der Waals surface area (Å²) in [5, 5.41) is 9.90. The van der Waals surface area contributed by atoms with Gasteiger partial charge in [-0.05, 0) is 6.07 Å². The molecule has 0 atom stereocenters. The standard InChI is InChI=1S/C7H6N2O3/c10-6(9-7(11)12)5-3-1-2-4-8-5/h1-4H,(H,9,10)(H,11,12)/p+1. The molecule has 5 nitrogen and oxygen atoms in total. The summed E-state index contributed by atoms with van der Waals surface area (Å²) >= 11 is 0. The Balaban J connectivity index is 2.73. The maximum Gasteiger partial charge on any atom is 0.411 e. The third-order valence-corrected chi connectivity index (χ3v) is 1.17. The van der Waals surface area contributed by atoms with E-state index in [-0.39, 0.29) is 5.69 Å². The van der Waals surface area contributed by atoms with E-state index in [2.05, 4.69) is 4.98 Å². The Morgan fingerprint density at radius 2 is 2.17 bits per heavy atom. The van der Waals surface area contributed by atoms with Crippen LogP contribution in [0.3, 0.4) is 0 Å². The topological polar surface area (TPSA) is 80.5 Å². The molecule has 0 aliphatic heterocycles. The van der Waals surface area contributed by atoms with Crippen LogP contribution in [0.4, 0.5) is 4.79 Å². The SMILES string of the molecule is O=C(O)NC(=O)c1cccc[nH+]1. The van der Waals surface area contributed by atoms with Crippen LogP contribution in [0.5, 0.6) is 0 Å². The van der Waals surface area contributed by atoms with Crippen molar-refractivity contribution >= 4 is 12.0 Å². The van der Waals surface area contributed by atoms with Crippen LogP contribution in [0.2, 0.25) is 0 Å². The lowest BCUT2D eigenvalue weighted by atomic mass is 10.3. The number of hydrogen-bond acceptors (Lipinski definition) is 2.